The van der Waals surface area contributed by atoms with Crippen molar-refractivity contribution in [2.75, 3.05) is 0 Å². The molecule has 0 spiro atoms. The van der Waals surface area contributed by atoms with Crippen molar-refractivity contribution in [2.45, 2.75) is 31.0 Å². The standard InChI is InChI=1S/C11H13BrN2O2/c1-7-11(14(15)16)5-4-9(13-7)6-10(12)8-2-3-8/h4-5,8,10H,2-3,6H2,1H3. The van der Waals surface area contributed by atoms with Crippen LogP contribution in [0.1, 0.15) is 24.2 Å². The summed E-state index contributed by atoms with van der Waals surface area (Å²) >= 11 is 3.64. The fourth-order valence-corrected chi connectivity index (χ4v) is 2.60. The van der Waals surface area contributed by atoms with E-state index in [2.05, 4.69) is 20.9 Å². The lowest BCUT2D eigenvalue weighted by Gasteiger charge is -2.07. The van der Waals surface area contributed by atoms with Crippen molar-refractivity contribution in [1.29, 1.82) is 0 Å². The fourth-order valence-electron chi connectivity index (χ4n) is 1.74. The van der Waals surface area contributed by atoms with Gasteiger partial charge in [-0.15, -0.1) is 0 Å². The van der Waals surface area contributed by atoms with Gasteiger partial charge in [0.05, 0.1) is 4.92 Å². The maximum absolute atomic E-state index is 10.6. The Balaban J connectivity index is 2.10. The smallest absolute Gasteiger partial charge is 0.258 e. The van der Waals surface area contributed by atoms with Crippen molar-refractivity contribution < 1.29 is 4.92 Å². The lowest BCUT2D eigenvalue weighted by Crippen LogP contribution is -2.07. The third-order valence-electron chi connectivity index (χ3n) is 2.85. The first-order valence-corrected chi connectivity index (χ1v) is 6.24. The summed E-state index contributed by atoms with van der Waals surface area (Å²) in [6, 6.07) is 3.30. The summed E-state index contributed by atoms with van der Waals surface area (Å²) in [4.78, 5) is 15.0. The van der Waals surface area contributed by atoms with Crippen LogP contribution < -0.4 is 0 Å². The molecule has 0 aromatic carbocycles. The Morgan fingerprint density at radius 1 is 1.62 bits per heavy atom. The van der Waals surface area contributed by atoms with Gasteiger partial charge in [0, 0.05) is 23.0 Å². The quantitative estimate of drug-likeness (QED) is 0.485. The first kappa shape index (κ1) is 11.5. The molecule has 4 nitrogen and oxygen atoms in total. The van der Waals surface area contributed by atoms with Crippen LogP contribution >= 0.6 is 15.9 Å². The molecule has 1 heterocycles. The van der Waals surface area contributed by atoms with Gasteiger partial charge in [-0.1, -0.05) is 15.9 Å². The van der Waals surface area contributed by atoms with Crippen LogP contribution in [0.4, 0.5) is 5.69 Å². The highest BCUT2D eigenvalue weighted by atomic mass is 79.9. The van der Waals surface area contributed by atoms with E-state index >= 15 is 0 Å². The van der Waals surface area contributed by atoms with Gasteiger partial charge < -0.3 is 0 Å². The van der Waals surface area contributed by atoms with Crippen LogP contribution in [-0.2, 0) is 6.42 Å². The first-order valence-electron chi connectivity index (χ1n) is 5.33. The number of nitrogens with zero attached hydrogens (tertiary/aromatic N) is 2. The van der Waals surface area contributed by atoms with Gasteiger partial charge in [-0.2, -0.15) is 0 Å². The maximum atomic E-state index is 10.6. The van der Waals surface area contributed by atoms with E-state index in [1.54, 1.807) is 19.1 Å². The predicted octanol–water partition coefficient (Wildman–Crippen LogP) is 3.01. The molecule has 5 heteroatoms. The van der Waals surface area contributed by atoms with Crippen molar-refractivity contribution in [3.63, 3.8) is 0 Å². The highest BCUT2D eigenvalue weighted by molar-refractivity contribution is 9.09. The molecule has 0 N–H and O–H groups in total. The van der Waals surface area contributed by atoms with Gasteiger partial charge in [-0.25, -0.2) is 0 Å². The van der Waals surface area contributed by atoms with Gasteiger partial charge in [0.1, 0.15) is 5.69 Å². The monoisotopic (exact) mass is 284 g/mol. The van der Waals surface area contributed by atoms with Crippen LogP contribution in [0.25, 0.3) is 0 Å². The van der Waals surface area contributed by atoms with Gasteiger partial charge in [-0.3, -0.25) is 15.1 Å². The van der Waals surface area contributed by atoms with Crippen molar-refractivity contribution in [3.05, 3.63) is 33.6 Å². The summed E-state index contributed by atoms with van der Waals surface area (Å²) in [5, 5.41) is 10.6. The van der Waals surface area contributed by atoms with E-state index in [1.807, 2.05) is 0 Å². The summed E-state index contributed by atoms with van der Waals surface area (Å²) in [5.41, 5.74) is 1.52. The number of hydrogen-bond donors (Lipinski definition) is 0. The molecule has 86 valence electrons. The Hall–Kier alpha value is -0.970. The van der Waals surface area contributed by atoms with E-state index in [0.717, 1.165) is 18.0 Å². The highest BCUT2D eigenvalue weighted by Gasteiger charge is 2.29. The molecule has 1 aliphatic carbocycles. The zero-order chi connectivity index (χ0) is 11.7. The van der Waals surface area contributed by atoms with Gasteiger partial charge in [0.25, 0.3) is 5.69 Å². The Morgan fingerprint density at radius 3 is 2.81 bits per heavy atom. The normalized spacial score (nSPS) is 17.1. The largest absolute Gasteiger partial charge is 0.290 e. The third-order valence-corrected chi connectivity index (χ3v) is 3.92. The number of alkyl halides is 1. The molecule has 1 fully saturated rings. The number of hydrogen-bond acceptors (Lipinski definition) is 3. The molecule has 2 rings (SSSR count). The fraction of sp³-hybridized carbons (Fsp3) is 0.545. The van der Waals surface area contributed by atoms with Gasteiger partial charge in [0.2, 0.25) is 0 Å². The van der Waals surface area contributed by atoms with Gasteiger partial charge >= 0.3 is 0 Å². The summed E-state index contributed by atoms with van der Waals surface area (Å²) in [6.45, 7) is 1.68. The van der Waals surface area contributed by atoms with E-state index < -0.39 is 4.92 Å². The number of rotatable bonds is 4. The third kappa shape index (κ3) is 2.58. The molecular formula is C11H13BrN2O2. The Labute approximate surface area is 102 Å². The molecule has 0 aliphatic heterocycles. The summed E-state index contributed by atoms with van der Waals surface area (Å²) < 4.78 is 0. The van der Waals surface area contributed by atoms with E-state index in [0.29, 0.717) is 10.5 Å². The van der Waals surface area contributed by atoms with Crippen molar-refractivity contribution in [3.8, 4) is 0 Å². The van der Waals surface area contributed by atoms with Crippen molar-refractivity contribution >= 4 is 21.6 Å². The van der Waals surface area contributed by atoms with Crippen LogP contribution in [0.3, 0.4) is 0 Å². The minimum Gasteiger partial charge on any atom is -0.258 e. The minimum atomic E-state index is -0.390. The second-order valence-corrected chi connectivity index (χ2v) is 5.40. The number of aryl methyl sites for hydroxylation is 1. The lowest BCUT2D eigenvalue weighted by atomic mass is 10.1. The molecular weight excluding hydrogens is 272 g/mol. The number of nitro groups is 1. The highest BCUT2D eigenvalue weighted by Crippen LogP contribution is 2.38. The molecule has 0 bridgehead atoms. The maximum Gasteiger partial charge on any atom is 0.290 e. The van der Waals surface area contributed by atoms with E-state index in [9.17, 15) is 10.1 Å². The molecule has 1 aliphatic rings. The van der Waals surface area contributed by atoms with Crippen LogP contribution in [0.5, 0.6) is 0 Å². The van der Waals surface area contributed by atoms with Gasteiger partial charge in [-0.05, 0) is 31.7 Å². The Bertz CT molecular complexity index is 418. The van der Waals surface area contributed by atoms with E-state index in [-0.39, 0.29) is 5.69 Å². The topological polar surface area (TPSA) is 56.0 Å². The van der Waals surface area contributed by atoms with Crippen LogP contribution in [-0.4, -0.2) is 14.7 Å². The zero-order valence-corrected chi connectivity index (χ0v) is 10.6. The number of halogens is 1. The summed E-state index contributed by atoms with van der Waals surface area (Å²) in [6.07, 6.45) is 3.41. The second-order valence-electron chi connectivity index (χ2n) is 4.22. The van der Waals surface area contributed by atoms with Crippen molar-refractivity contribution in [2.24, 2.45) is 5.92 Å². The molecule has 1 unspecified atom stereocenters. The molecule has 1 atom stereocenters. The minimum absolute atomic E-state index is 0.0984. The zero-order valence-electron chi connectivity index (χ0n) is 9.02. The molecule has 1 aromatic rings. The average Bonchev–Trinajstić information content (AvgIpc) is 2.99. The van der Waals surface area contributed by atoms with E-state index in [4.69, 9.17) is 0 Å². The molecule has 16 heavy (non-hydrogen) atoms. The van der Waals surface area contributed by atoms with Gasteiger partial charge in [0.15, 0.2) is 0 Å². The number of pyridine rings is 1. The van der Waals surface area contributed by atoms with Crippen molar-refractivity contribution in [1.82, 2.24) is 4.98 Å². The van der Waals surface area contributed by atoms with Crippen LogP contribution in [0, 0.1) is 23.0 Å². The Kier molecular flexibility index (Phi) is 3.23. The molecule has 0 saturated heterocycles. The SMILES string of the molecule is Cc1nc(CC(Br)C2CC2)ccc1[N+](=O)[O-]. The molecule has 0 radical (unpaired) electrons. The molecule has 1 aromatic heterocycles. The summed E-state index contributed by atoms with van der Waals surface area (Å²) in [5.74, 6) is 0.761. The first-order chi connectivity index (χ1) is 7.58. The second kappa shape index (κ2) is 4.49. The number of aromatic nitrogens is 1. The van der Waals surface area contributed by atoms with E-state index in [1.165, 1.54) is 12.8 Å². The molecule has 1 saturated carbocycles. The average molecular weight is 285 g/mol. The van der Waals surface area contributed by atoms with Crippen LogP contribution in [0.2, 0.25) is 0 Å². The lowest BCUT2D eigenvalue weighted by molar-refractivity contribution is -0.385. The Morgan fingerprint density at radius 2 is 2.31 bits per heavy atom. The van der Waals surface area contributed by atoms with Crippen LogP contribution in [0.15, 0.2) is 12.1 Å². The summed E-state index contributed by atoms with van der Waals surface area (Å²) in [7, 11) is 0. The molecule has 0 amide bonds. The predicted molar refractivity (Wildman–Crippen MR) is 64.8 cm³/mol.